The first kappa shape index (κ1) is 17.3. The molecule has 1 aliphatic heterocycles. The fourth-order valence-corrected chi connectivity index (χ4v) is 2.75. The molecule has 132 valence electrons. The normalized spacial score (nSPS) is 14.3. The molecule has 3 rings (SSSR count). The molecule has 1 aliphatic rings. The van der Waals surface area contributed by atoms with E-state index < -0.39 is 18.6 Å². The van der Waals surface area contributed by atoms with Crippen LogP contribution in [-0.4, -0.2) is 74.9 Å². The predicted octanol–water partition coefficient (Wildman–Crippen LogP) is 0.516. The highest BCUT2D eigenvalue weighted by molar-refractivity contribution is 9.10. The van der Waals surface area contributed by atoms with E-state index >= 15 is 0 Å². The molecule has 25 heavy (non-hydrogen) atoms. The number of aromatic nitrogens is 3. The fourth-order valence-electron chi connectivity index (χ4n) is 2.43. The second-order valence-corrected chi connectivity index (χ2v) is 6.36. The zero-order valence-electron chi connectivity index (χ0n) is 13.2. The van der Waals surface area contributed by atoms with Crippen molar-refractivity contribution in [3.8, 4) is 0 Å². The maximum atomic E-state index is 11.6. The first-order valence-corrected chi connectivity index (χ1v) is 8.13. The quantitative estimate of drug-likeness (QED) is 0.621. The van der Waals surface area contributed by atoms with Gasteiger partial charge < -0.3 is 25.3 Å². The van der Waals surface area contributed by atoms with E-state index in [4.69, 9.17) is 10.2 Å². The summed E-state index contributed by atoms with van der Waals surface area (Å²) in [5.41, 5.74) is 1.06. The van der Waals surface area contributed by atoms with Crippen molar-refractivity contribution in [2.45, 2.75) is 6.04 Å². The minimum absolute atomic E-state index is 0.167. The number of hydrogen-bond acceptors (Lipinski definition) is 7. The molecule has 10 nitrogen and oxygen atoms in total. The molecule has 3 N–H and O–H groups in total. The number of hydrogen-bond donors (Lipinski definition) is 3. The molecule has 1 saturated heterocycles. The molecule has 1 fully saturated rings. The maximum absolute atomic E-state index is 11.6. The number of aliphatic hydroxyl groups is 1. The monoisotopic (exact) mass is 410 g/mol. The number of anilines is 2. The smallest absolute Gasteiger partial charge is 0.407 e. The summed E-state index contributed by atoms with van der Waals surface area (Å²) in [6.45, 7) is 0.174. The molecule has 0 aliphatic carbocycles. The lowest BCUT2D eigenvalue weighted by Gasteiger charge is -2.43. The van der Waals surface area contributed by atoms with E-state index in [9.17, 15) is 9.59 Å². The van der Waals surface area contributed by atoms with Crippen molar-refractivity contribution in [1.29, 1.82) is 0 Å². The van der Waals surface area contributed by atoms with E-state index in [1.807, 2.05) is 4.90 Å². The predicted molar refractivity (Wildman–Crippen MR) is 92.5 cm³/mol. The summed E-state index contributed by atoms with van der Waals surface area (Å²) in [6.07, 6.45) is 0.547. The Morgan fingerprint density at radius 3 is 2.76 bits per heavy atom. The molecular formula is C14H15BrN6O4. The standard InChI is InChI=1S/C14H15BrN6O4/c1-20(14(24)25)7-4-21(5-7)13-12(19-11(23)6-22)17-8-2-10(15)16-3-9(8)18-13/h2-3,7,22H,4-6H2,1H3,(H,24,25)(H,17,19,23). The lowest BCUT2D eigenvalue weighted by atomic mass is 10.1. The van der Waals surface area contributed by atoms with E-state index in [0.29, 0.717) is 34.5 Å². The van der Waals surface area contributed by atoms with Crippen molar-refractivity contribution >= 4 is 50.6 Å². The van der Waals surface area contributed by atoms with Gasteiger partial charge in [0.25, 0.3) is 5.91 Å². The number of aliphatic hydroxyl groups excluding tert-OH is 1. The molecule has 0 spiro atoms. The number of pyridine rings is 1. The number of amides is 2. The summed E-state index contributed by atoms with van der Waals surface area (Å²) < 4.78 is 0.577. The van der Waals surface area contributed by atoms with E-state index in [-0.39, 0.29) is 11.9 Å². The van der Waals surface area contributed by atoms with Gasteiger partial charge in [-0.2, -0.15) is 0 Å². The van der Waals surface area contributed by atoms with Crippen LogP contribution in [0.5, 0.6) is 0 Å². The van der Waals surface area contributed by atoms with Crippen molar-refractivity contribution in [1.82, 2.24) is 19.9 Å². The molecule has 11 heteroatoms. The number of nitrogens with zero attached hydrogens (tertiary/aromatic N) is 5. The Hall–Kier alpha value is -2.53. The van der Waals surface area contributed by atoms with Gasteiger partial charge in [-0.1, -0.05) is 0 Å². The first-order chi connectivity index (χ1) is 11.9. The van der Waals surface area contributed by atoms with Crippen LogP contribution in [0, 0.1) is 0 Å². The number of carbonyl (C=O) groups excluding carboxylic acids is 1. The van der Waals surface area contributed by atoms with Crippen LogP contribution in [0.15, 0.2) is 16.9 Å². The van der Waals surface area contributed by atoms with Crippen molar-refractivity contribution in [3.63, 3.8) is 0 Å². The zero-order chi connectivity index (χ0) is 18.1. The second-order valence-electron chi connectivity index (χ2n) is 5.55. The van der Waals surface area contributed by atoms with Crippen molar-refractivity contribution in [2.24, 2.45) is 0 Å². The van der Waals surface area contributed by atoms with Gasteiger partial charge in [-0.15, -0.1) is 0 Å². The molecule has 0 unspecified atom stereocenters. The van der Waals surface area contributed by atoms with Crippen molar-refractivity contribution < 1.29 is 19.8 Å². The van der Waals surface area contributed by atoms with Crippen LogP contribution in [0.2, 0.25) is 0 Å². The summed E-state index contributed by atoms with van der Waals surface area (Å²) in [5, 5.41) is 20.5. The molecule has 0 atom stereocenters. The van der Waals surface area contributed by atoms with Gasteiger partial charge in [0.2, 0.25) is 0 Å². The Bertz CT molecular complexity index is 841. The molecular weight excluding hydrogens is 396 g/mol. The van der Waals surface area contributed by atoms with Crippen LogP contribution in [0.25, 0.3) is 11.0 Å². The number of halogens is 1. The van der Waals surface area contributed by atoms with Gasteiger partial charge in [-0.05, 0) is 22.0 Å². The Labute approximate surface area is 150 Å². The van der Waals surface area contributed by atoms with Crippen molar-refractivity contribution in [3.05, 3.63) is 16.9 Å². The Morgan fingerprint density at radius 1 is 1.40 bits per heavy atom. The summed E-state index contributed by atoms with van der Waals surface area (Å²) in [5.74, 6) is 0.0114. The molecule has 2 amide bonds. The summed E-state index contributed by atoms with van der Waals surface area (Å²) in [4.78, 5) is 38.6. The van der Waals surface area contributed by atoms with E-state index in [0.717, 1.165) is 0 Å². The average Bonchev–Trinajstić information content (AvgIpc) is 2.53. The van der Waals surface area contributed by atoms with Crippen LogP contribution in [0.4, 0.5) is 16.4 Å². The number of carbonyl (C=O) groups is 2. The number of rotatable bonds is 4. The fraction of sp³-hybridized carbons (Fsp3) is 0.357. The zero-order valence-corrected chi connectivity index (χ0v) is 14.8. The minimum Gasteiger partial charge on any atom is -0.465 e. The Balaban J connectivity index is 1.93. The molecule has 0 radical (unpaired) electrons. The molecule has 0 saturated carbocycles. The molecule has 2 aromatic heterocycles. The molecule has 2 aromatic rings. The lowest BCUT2D eigenvalue weighted by Crippen LogP contribution is -2.60. The topological polar surface area (TPSA) is 132 Å². The number of nitrogens with one attached hydrogen (secondary N) is 1. The van der Waals surface area contributed by atoms with Crippen molar-refractivity contribution in [2.75, 3.05) is 37.0 Å². The van der Waals surface area contributed by atoms with Gasteiger partial charge in [-0.25, -0.2) is 19.7 Å². The number of carboxylic acid groups (broad SMARTS) is 1. The third-order valence-corrected chi connectivity index (χ3v) is 4.35. The number of fused-ring (bicyclic) bond motifs is 1. The number of likely N-dealkylation sites (N-methyl/N-ethyl adjacent to an activating group) is 1. The van der Waals surface area contributed by atoms with Gasteiger partial charge in [0.15, 0.2) is 11.6 Å². The summed E-state index contributed by atoms with van der Waals surface area (Å²) >= 11 is 3.25. The third kappa shape index (κ3) is 3.46. The van der Waals surface area contributed by atoms with E-state index in [1.54, 1.807) is 12.3 Å². The van der Waals surface area contributed by atoms with E-state index in [2.05, 4.69) is 36.2 Å². The molecule has 0 bridgehead atoms. The van der Waals surface area contributed by atoms with E-state index in [1.165, 1.54) is 11.9 Å². The van der Waals surface area contributed by atoms with Gasteiger partial charge in [0, 0.05) is 20.1 Å². The van der Waals surface area contributed by atoms with Gasteiger partial charge in [0.05, 0.1) is 17.8 Å². The van der Waals surface area contributed by atoms with Crippen LogP contribution in [0.1, 0.15) is 0 Å². The first-order valence-electron chi connectivity index (χ1n) is 7.33. The summed E-state index contributed by atoms with van der Waals surface area (Å²) in [6, 6.07) is 1.50. The SMILES string of the molecule is CN(C(=O)O)C1CN(c2nc3cnc(Br)cc3nc2NC(=O)CO)C1. The molecule has 3 heterocycles. The third-order valence-electron chi connectivity index (χ3n) is 3.91. The van der Waals surface area contributed by atoms with Gasteiger partial charge >= 0.3 is 6.09 Å². The van der Waals surface area contributed by atoms with Crippen LogP contribution < -0.4 is 10.2 Å². The highest BCUT2D eigenvalue weighted by atomic mass is 79.9. The van der Waals surface area contributed by atoms with Crippen LogP contribution in [0.3, 0.4) is 0 Å². The largest absolute Gasteiger partial charge is 0.465 e. The average molecular weight is 411 g/mol. The van der Waals surface area contributed by atoms with Crippen LogP contribution in [-0.2, 0) is 4.79 Å². The Kier molecular flexibility index (Phi) is 4.68. The lowest BCUT2D eigenvalue weighted by molar-refractivity contribution is -0.118. The summed E-state index contributed by atoms with van der Waals surface area (Å²) in [7, 11) is 1.51. The van der Waals surface area contributed by atoms with Crippen LogP contribution >= 0.6 is 15.9 Å². The molecule has 0 aromatic carbocycles. The maximum Gasteiger partial charge on any atom is 0.407 e. The van der Waals surface area contributed by atoms with Gasteiger partial charge in [-0.3, -0.25) is 4.79 Å². The highest BCUT2D eigenvalue weighted by Crippen LogP contribution is 2.30. The Morgan fingerprint density at radius 2 is 2.12 bits per heavy atom. The second kappa shape index (κ2) is 6.76. The van der Waals surface area contributed by atoms with Gasteiger partial charge in [0.1, 0.15) is 16.7 Å². The highest BCUT2D eigenvalue weighted by Gasteiger charge is 2.35. The minimum atomic E-state index is -1.00.